The van der Waals surface area contributed by atoms with Crippen LogP contribution < -0.4 is 0 Å². The Morgan fingerprint density at radius 3 is 2.70 bits per heavy atom. The SMILES string of the molecule is CC[C@@H](C)COC(=O)CBr. The maximum Gasteiger partial charge on any atom is 0.316 e. The van der Waals surface area contributed by atoms with E-state index < -0.39 is 0 Å². The molecular weight excluding hydrogens is 196 g/mol. The molecule has 0 rings (SSSR count). The molecule has 0 amide bonds. The molecule has 0 aliphatic carbocycles. The standard InChI is InChI=1S/C7H13BrO2/c1-3-6(2)5-10-7(9)4-8/h6H,3-5H2,1-2H3/t6-/m1/s1. The van der Waals surface area contributed by atoms with Crippen molar-refractivity contribution >= 4 is 21.9 Å². The van der Waals surface area contributed by atoms with Crippen LogP contribution in [0.1, 0.15) is 20.3 Å². The van der Waals surface area contributed by atoms with E-state index in [1.54, 1.807) is 0 Å². The molecule has 0 saturated heterocycles. The summed E-state index contributed by atoms with van der Waals surface area (Å²) in [6.45, 7) is 4.68. The Hall–Kier alpha value is -0.0500. The highest BCUT2D eigenvalue weighted by Crippen LogP contribution is 2.00. The zero-order chi connectivity index (χ0) is 7.98. The van der Waals surface area contributed by atoms with Crippen molar-refractivity contribution in [3.63, 3.8) is 0 Å². The van der Waals surface area contributed by atoms with E-state index in [0.717, 1.165) is 6.42 Å². The van der Waals surface area contributed by atoms with Crippen molar-refractivity contribution in [2.24, 2.45) is 5.92 Å². The normalized spacial score (nSPS) is 12.7. The molecule has 0 unspecified atom stereocenters. The van der Waals surface area contributed by atoms with Gasteiger partial charge >= 0.3 is 5.97 Å². The number of hydrogen-bond acceptors (Lipinski definition) is 2. The van der Waals surface area contributed by atoms with Crippen LogP contribution in [0.2, 0.25) is 0 Å². The summed E-state index contributed by atoms with van der Waals surface area (Å²) in [5.74, 6) is 0.295. The maximum absolute atomic E-state index is 10.6. The molecule has 0 fully saturated rings. The van der Waals surface area contributed by atoms with Gasteiger partial charge in [-0.2, -0.15) is 0 Å². The van der Waals surface area contributed by atoms with Gasteiger partial charge in [0, 0.05) is 0 Å². The summed E-state index contributed by atoms with van der Waals surface area (Å²) >= 11 is 3.01. The summed E-state index contributed by atoms with van der Waals surface area (Å²) in [6, 6.07) is 0. The minimum atomic E-state index is -0.180. The number of ether oxygens (including phenoxy) is 1. The molecule has 0 aromatic heterocycles. The van der Waals surface area contributed by atoms with Crippen LogP contribution >= 0.6 is 15.9 Å². The minimum absolute atomic E-state index is 0.180. The molecule has 0 aromatic rings. The fourth-order valence-electron chi connectivity index (χ4n) is 0.392. The molecule has 0 radical (unpaired) electrons. The van der Waals surface area contributed by atoms with E-state index >= 15 is 0 Å². The van der Waals surface area contributed by atoms with Crippen LogP contribution in [0.25, 0.3) is 0 Å². The first-order valence-electron chi connectivity index (χ1n) is 3.42. The third kappa shape index (κ3) is 4.79. The highest BCUT2D eigenvalue weighted by molar-refractivity contribution is 9.09. The molecule has 0 aliphatic heterocycles. The quantitative estimate of drug-likeness (QED) is 0.522. The van der Waals surface area contributed by atoms with Gasteiger partial charge in [0.05, 0.1) is 6.61 Å². The number of rotatable bonds is 4. The average Bonchev–Trinajstić information content (AvgIpc) is 1.99. The topological polar surface area (TPSA) is 26.3 Å². The van der Waals surface area contributed by atoms with Crippen LogP contribution in [-0.2, 0) is 9.53 Å². The summed E-state index contributed by atoms with van der Waals surface area (Å²) in [5.41, 5.74) is 0. The third-order valence-electron chi connectivity index (χ3n) is 1.33. The van der Waals surface area contributed by atoms with E-state index in [1.807, 2.05) is 0 Å². The molecule has 3 heteroatoms. The Balaban J connectivity index is 3.26. The van der Waals surface area contributed by atoms with E-state index in [9.17, 15) is 4.79 Å². The minimum Gasteiger partial charge on any atom is -0.465 e. The van der Waals surface area contributed by atoms with Crippen LogP contribution in [0.15, 0.2) is 0 Å². The first-order chi connectivity index (χ1) is 4.70. The summed E-state index contributed by atoms with van der Waals surface area (Å²) in [6.07, 6.45) is 1.05. The van der Waals surface area contributed by atoms with Crippen molar-refractivity contribution in [1.82, 2.24) is 0 Å². The van der Waals surface area contributed by atoms with Crippen molar-refractivity contribution in [2.45, 2.75) is 20.3 Å². The lowest BCUT2D eigenvalue weighted by atomic mass is 10.1. The highest BCUT2D eigenvalue weighted by atomic mass is 79.9. The largest absolute Gasteiger partial charge is 0.465 e. The second-order valence-corrected chi connectivity index (χ2v) is 2.89. The van der Waals surface area contributed by atoms with Crippen molar-refractivity contribution in [1.29, 1.82) is 0 Å². The average molecular weight is 209 g/mol. The summed E-state index contributed by atoms with van der Waals surface area (Å²) in [5, 5.41) is 0.295. The Labute approximate surface area is 70.1 Å². The lowest BCUT2D eigenvalue weighted by Crippen LogP contribution is -2.11. The van der Waals surface area contributed by atoms with Crippen LogP contribution in [-0.4, -0.2) is 17.9 Å². The first kappa shape index (κ1) is 9.95. The Bertz CT molecular complexity index is 104. The summed E-state index contributed by atoms with van der Waals surface area (Å²) in [7, 11) is 0. The van der Waals surface area contributed by atoms with E-state index in [4.69, 9.17) is 4.74 Å². The van der Waals surface area contributed by atoms with Crippen molar-refractivity contribution in [3.05, 3.63) is 0 Å². The van der Waals surface area contributed by atoms with Gasteiger partial charge in [0.15, 0.2) is 0 Å². The molecule has 2 nitrogen and oxygen atoms in total. The monoisotopic (exact) mass is 208 g/mol. The number of carbonyl (C=O) groups excluding carboxylic acids is 1. The lowest BCUT2D eigenvalue weighted by molar-refractivity contribution is -0.141. The van der Waals surface area contributed by atoms with Gasteiger partial charge < -0.3 is 4.74 Å². The molecule has 0 heterocycles. The Kier molecular flexibility index (Phi) is 5.69. The fourth-order valence-corrected chi connectivity index (χ4v) is 0.554. The van der Waals surface area contributed by atoms with E-state index in [1.165, 1.54) is 0 Å². The van der Waals surface area contributed by atoms with Gasteiger partial charge in [-0.25, -0.2) is 0 Å². The predicted octanol–water partition coefficient (Wildman–Crippen LogP) is 1.97. The van der Waals surface area contributed by atoms with Gasteiger partial charge in [0.25, 0.3) is 0 Å². The molecule has 0 saturated carbocycles. The van der Waals surface area contributed by atoms with Crippen molar-refractivity contribution in [2.75, 3.05) is 11.9 Å². The van der Waals surface area contributed by atoms with Crippen LogP contribution in [0, 0.1) is 5.92 Å². The Morgan fingerprint density at radius 2 is 2.30 bits per heavy atom. The number of esters is 1. The highest BCUT2D eigenvalue weighted by Gasteiger charge is 2.02. The van der Waals surface area contributed by atoms with Gasteiger partial charge in [0.2, 0.25) is 0 Å². The van der Waals surface area contributed by atoms with Gasteiger partial charge in [-0.05, 0) is 5.92 Å². The molecule has 0 bridgehead atoms. The molecule has 0 aliphatic rings. The van der Waals surface area contributed by atoms with E-state index in [-0.39, 0.29) is 5.97 Å². The van der Waals surface area contributed by atoms with Crippen LogP contribution in [0.5, 0.6) is 0 Å². The lowest BCUT2D eigenvalue weighted by Gasteiger charge is -2.07. The third-order valence-corrected chi connectivity index (χ3v) is 1.79. The fraction of sp³-hybridized carbons (Fsp3) is 0.857. The predicted molar refractivity (Wildman–Crippen MR) is 44.2 cm³/mol. The van der Waals surface area contributed by atoms with Gasteiger partial charge in [-0.1, -0.05) is 36.2 Å². The zero-order valence-corrected chi connectivity index (χ0v) is 7.98. The molecule has 60 valence electrons. The van der Waals surface area contributed by atoms with Crippen molar-refractivity contribution in [3.8, 4) is 0 Å². The number of alkyl halides is 1. The molecule has 0 N–H and O–H groups in total. The Morgan fingerprint density at radius 1 is 1.70 bits per heavy atom. The summed E-state index contributed by atoms with van der Waals surface area (Å²) in [4.78, 5) is 10.6. The number of halogens is 1. The number of carbonyl (C=O) groups is 1. The van der Waals surface area contributed by atoms with E-state index in [2.05, 4.69) is 29.8 Å². The second-order valence-electron chi connectivity index (χ2n) is 2.33. The molecule has 10 heavy (non-hydrogen) atoms. The zero-order valence-electron chi connectivity index (χ0n) is 6.39. The molecular formula is C7H13BrO2. The first-order valence-corrected chi connectivity index (χ1v) is 4.54. The molecule has 0 spiro atoms. The maximum atomic E-state index is 10.6. The molecule has 1 atom stereocenters. The van der Waals surface area contributed by atoms with Gasteiger partial charge in [-0.15, -0.1) is 0 Å². The van der Waals surface area contributed by atoms with Crippen molar-refractivity contribution < 1.29 is 9.53 Å². The second kappa shape index (κ2) is 5.71. The summed E-state index contributed by atoms with van der Waals surface area (Å²) < 4.78 is 4.86. The van der Waals surface area contributed by atoms with Gasteiger partial charge in [-0.3, -0.25) is 4.79 Å². The number of hydrogen-bond donors (Lipinski definition) is 0. The smallest absolute Gasteiger partial charge is 0.316 e. The molecule has 0 aromatic carbocycles. The van der Waals surface area contributed by atoms with E-state index in [0.29, 0.717) is 17.9 Å². The van der Waals surface area contributed by atoms with Crippen LogP contribution in [0.3, 0.4) is 0 Å². The van der Waals surface area contributed by atoms with Gasteiger partial charge in [0.1, 0.15) is 5.33 Å². The van der Waals surface area contributed by atoms with Crippen LogP contribution in [0.4, 0.5) is 0 Å².